The number of nitrogens with zero attached hydrogens (tertiary/aromatic N) is 3. The summed E-state index contributed by atoms with van der Waals surface area (Å²) in [5.74, 6) is 1.14. The van der Waals surface area contributed by atoms with Gasteiger partial charge >= 0.3 is 0 Å². The highest BCUT2D eigenvalue weighted by atomic mass is 35.5. The lowest BCUT2D eigenvalue weighted by atomic mass is 9.85. The van der Waals surface area contributed by atoms with Gasteiger partial charge in [-0.3, -0.25) is 0 Å². The Morgan fingerprint density at radius 2 is 1.87 bits per heavy atom. The fraction of sp³-hybridized carbons (Fsp3) is 0.389. The van der Waals surface area contributed by atoms with Gasteiger partial charge in [0.15, 0.2) is 10.3 Å². The quantitative estimate of drug-likeness (QED) is 0.427. The zero-order valence-electron chi connectivity index (χ0n) is 12.8. The first-order valence-electron chi connectivity index (χ1n) is 7.92. The lowest BCUT2D eigenvalue weighted by Gasteiger charge is -2.22. The van der Waals surface area contributed by atoms with E-state index in [0.717, 1.165) is 24.3 Å². The predicted molar refractivity (Wildman–Crippen MR) is 93.6 cm³/mol. The van der Waals surface area contributed by atoms with Crippen LogP contribution in [0.4, 0.5) is 0 Å². The molecule has 0 bridgehead atoms. The number of hydrogen-bond donors (Lipinski definition) is 0. The second-order valence-corrected chi connectivity index (χ2v) is 7.08. The van der Waals surface area contributed by atoms with Gasteiger partial charge < -0.3 is 0 Å². The van der Waals surface area contributed by atoms with Crippen LogP contribution in [0.25, 0.3) is 0 Å². The van der Waals surface area contributed by atoms with Gasteiger partial charge in [0.05, 0.1) is 5.69 Å². The Bertz CT molecular complexity index is 706. The van der Waals surface area contributed by atoms with E-state index in [-0.39, 0.29) is 0 Å². The molecule has 118 valence electrons. The highest BCUT2D eigenvalue weighted by Gasteiger charge is 2.23. The smallest absolute Gasteiger partial charge is 0.189 e. The molecule has 0 unspecified atom stereocenters. The standard InChI is InChI=1S/C18H18ClN3S/c19-17-15(11-20)16(14-9-5-2-6-10-14)21-18(22-17)23-12-13-7-3-1-4-8-13/h1,3-4,7-8,14H,2,5-6,9-10,12H2. The van der Waals surface area contributed by atoms with Gasteiger partial charge in [-0.1, -0.05) is 73.0 Å². The lowest BCUT2D eigenvalue weighted by Crippen LogP contribution is -2.10. The van der Waals surface area contributed by atoms with Crippen LogP contribution in [0.5, 0.6) is 0 Å². The van der Waals surface area contributed by atoms with Crippen molar-refractivity contribution in [3.8, 4) is 6.07 Å². The third-order valence-corrected chi connectivity index (χ3v) is 5.38. The maximum Gasteiger partial charge on any atom is 0.189 e. The fourth-order valence-electron chi connectivity index (χ4n) is 2.99. The molecule has 1 aliphatic carbocycles. The van der Waals surface area contributed by atoms with Crippen LogP contribution in [0.3, 0.4) is 0 Å². The SMILES string of the molecule is N#Cc1c(Cl)nc(SCc2ccccc2)nc1C1CCCCC1. The van der Waals surface area contributed by atoms with E-state index in [2.05, 4.69) is 28.2 Å². The van der Waals surface area contributed by atoms with Gasteiger partial charge in [0, 0.05) is 11.7 Å². The Kier molecular flexibility index (Phi) is 5.53. The Labute approximate surface area is 146 Å². The molecule has 1 fully saturated rings. The summed E-state index contributed by atoms with van der Waals surface area (Å²) in [4.78, 5) is 9.00. The average molecular weight is 344 g/mol. The maximum atomic E-state index is 9.41. The number of hydrogen-bond acceptors (Lipinski definition) is 4. The van der Waals surface area contributed by atoms with E-state index in [4.69, 9.17) is 11.6 Å². The predicted octanol–water partition coefficient (Wildman–Crippen LogP) is 5.34. The van der Waals surface area contributed by atoms with Crippen molar-refractivity contribution in [3.05, 3.63) is 52.3 Å². The molecule has 1 heterocycles. The molecule has 0 saturated heterocycles. The number of rotatable bonds is 4. The van der Waals surface area contributed by atoms with Gasteiger partial charge in [-0.05, 0) is 18.4 Å². The summed E-state index contributed by atoms with van der Waals surface area (Å²) in [5.41, 5.74) is 2.53. The molecule has 0 radical (unpaired) electrons. The second kappa shape index (κ2) is 7.81. The molecule has 23 heavy (non-hydrogen) atoms. The maximum absolute atomic E-state index is 9.41. The molecule has 1 aromatic carbocycles. The lowest BCUT2D eigenvalue weighted by molar-refractivity contribution is 0.433. The topological polar surface area (TPSA) is 49.6 Å². The minimum atomic E-state index is 0.290. The minimum Gasteiger partial charge on any atom is -0.226 e. The van der Waals surface area contributed by atoms with E-state index in [1.807, 2.05) is 18.2 Å². The molecule has 2 aromatic rings. The van der Waals surface area contributed by atoms with Crippen molar-refractivity contribution in [1.82, 2.24) is 9.97 Å². The molecule has 0 atom stereocenters. The van der Waals surface area contributed by atoms with Gasteiger partial charge in [-0.25, -0.2) is 9.97 Å². The van der Waals surface area contributed by atoms with Crippen molar-refractivity contribution >= 4 is 23.4 Å². The van der Waals surface area contributed by atoms with Gasteiger partial charge in [0.2, 0.25) is 0 Å². The monoisotopic (exact) mass is 343 g/mol. The fourth-order valence-corrected chi connectivity index (χ4v) is 4.07. The van der Waals surface area contributed by atoms with Gasteiger partial charge in [0.25, 0.3) is 0 Å². The Hall–Kier alpha value is -1.57. The molecule has 0 N–H and O–H groups in total. The van der Waals surface area contributed by atoms with E-state index in [0.29, 0.717) is 21.8 Å². The Morgan fingerprint density at radius 1 is 1.13 bits per heavy atom. The summed E-state index contributed by atoms with van der Waals surface area (Å²) >= 11 is 7.82. The van der Waals surface area contributed by atoms with Gasteiger partial charge in [0.1, 0.15) is 11.6 Å². The zero-order valence-corrected chi connectivity index (χ0v) is 14.4. The molecule has 0 spiro atoms. The third-order valence-electron chi connectivity index (χ3n) is 4.19. The molecular weight excluding hydrogens is 326 g/mol. The first-order valence-corrected chi connectivity index (χ1v) is 9.28. The molecule has 1 aliphatic rings. The molecule has 1 saturated carbocycles. The van der Waals surface area contributed by atoms with E-state index in [1.54, 1.807) is 11.8 Å². The van der Waals surface area contributed by atoms with Crippen molar-refractivity contribution in [2.75, 3.05) is 0 Å². The molecule has 3 rings (SSSR count). The second-order valence-electron chi connectivity index (χ2n) is 5.78. The third kappa shape index (κ3) is 4.04. The molecule has 0 aliphatic heterocycles. The van der Waals surface area contributed by atoms with Crippen molar-refractivity contribution < 1.29 is 0 Å². The van der Waals surface area contributed by atoms with Crippen molar-refractivity contribution in [2.45, 2.75) is 48.9 Å². The summed E-state index contributed by atoms with van der Waals surface area (Å²) < 4.78 is 0. The van der Waals surface area contributed by atoms with Crippen molar-refractivity contribution in [2.24, 2.45) is 0 Å². The van der Waals surface area contributed by atoms with Crippen LogP contribution in [0, 0.1) is 11.3 Å². The van der Waals surface area contributed by atoms with Crippen LogP contribution >= 0.6 is 23.4 Å². The zero-order chi connectivity index (χ0) is 16.1. The van der Waals surface area contributed by atoms with Gasteiger partial charge in [-0.15, -0.1) is 0 Å². The minimum absolute atomic E-state index is 0.290. The molecular formula is C18H18ClN3S. The molecule has 3 nitrogen and oxygen atoms in total. The average Bonchev–Trinajstić information content (AvgIpc) is 2.61. The molecule has 5 heteroatoms. The van der Waals surface area contributed by atoms with Crippen LogP contribution in [0.2, 0.25) is 5.15 Å². The van der Waals surface area contributed by atoms with Crippen LogP contribution in [-0.4, -0.2) is 9.97 Å². The van der Waals surface area contributed by atoms with Gasteiger partial charge in [-0.2, -0.15) is 5.26 Å². The number of aromatic nitrogens is 2. The molecule has 1 aromatic heterocycles. The summed E-state index contributed by atoms with van der Waals surface area (Å²) in [6.07, 6.45) is 5.84. The number of halogens is 1. The summed E-state index contributed by atoms with van der Waals surface area (Å²) in [6.45, 7) is 0. The molecule has 0 amide bonds. The van der Waals surface area contributed by atoms with Crippen LogP contribution in [-0.2, 0) is 5.75 Å². The largest absolute Gasteiger partial charge is 0.226 e. The van der Waals surface area contributed by atoms with E-state index in [1.165, 1.54) is 24.8 Å². The summed E-state index contributed by atoms with van der Waals surface area (Å²) in [5, 5.41) is 10.4. The van der Waals surface area contributed by atoms with Crippen LogP contribution < -0.4 is 0 Å². The summed E-state index contributed by atoms with van der Waals surface area (Å²) in [7, 11) is 0. The number of thioether (sulfide) groups is 1. The highest BCUT2D eigenvalue weighted by Crippen LogP contribution is 2.36. The highest BCUT2D eigenvalue weighted by molar-refractivity contribution is 7.98. The first kappa shape index (κ1) is 16.3. The van der Waals surface area contributed by atoms with Crippen LogP contribution in [0.1, 0.15) is 54.8 Å². The van der Waals surface area contributed by atoms with E-state index in [9.17, 15) is 5.26 Å². The van der Waals surface area contributed by atoms with Crippen molar-refractivity contribution in [3.63, 3.8) is 0 Å². The Morgan fingerprint density at radius 3 is 2.57 bits per heavy atom. The van der Waals surface area contributed by atoms with Crippen molar-refractivity contribution in [1.29, 1.82) is 5.26 Å². The number of nitriles is 1. The Balaban J connectivity index is 1.83. The summed E-state index contributed by atoms with van der Waals surface area (Å²) in [6, 6.07) is 12.4. The van der Waals surface area contributed by atoms with Crippen LogP contribution in [0.15, 0.2) is 35.5 Å². The first-order chi connectivity index (χ1) is 11.3. The van der Waals surface area contributed by atoms with E-state index < -0.39 is 0 Å². The normalized spacial score (nSPS) is 15.3. The van der Waals surface area contributed by atoms with E-state index >= 15 is 0 Å². The number of benzene rings is 1.